The van der Waals surface area contributed by atoms with Crippen molar-refractivity contribution in [3.8, 4) is 0 Å². The standard InChI is InChI=1S/C10H16N4O3/c11-9-8(13-17-14-9)10(16)12-5-6-2-1-3-7(15)4-6/h6-7,15H,1-5H2,(H2,11,14)(H,12,16). The first-order valence-corrected chi connectivity index (χ1v) is 5.71. The lowest BCUT2D eigenvalue weighted by Gasteiger charge is -2.25. The molecule has 17 heavy (non-hydrogen) atoms. The van der Waals surface area contributed by atoms with Crippen molar-refractivity contribution in [2.45, 2.75) is 31.8 Å². The Balaban J connectivity index is 1.82. The number of hydrogen-bond donors (Lipinski definition) is 3. The van der Waals surface area contributed by atoms with Gasteiger partial charge in [0.05, 0.1) is 6.10 Å². The number of carbonyl (C=O) groups excluding carboxylic acids is 1. The fourth-order valence-electron chi connectivity index (χ4n) is 2.12. The quantitative estimate of drug-likeness (QED) is 0.681. The van der Waals surface area contributed by atoms with Crippen LogP contribution < -0.4 is 11.1 Å². The van der Waals surface area contributed by atoms with Crippen molar-refractivity contribution in [2.24, 2.45) is 5.92 Å². The van der Waals surface area contributed by atoms with Crippen LogP contribution >= 0.6 is 0 Å². The molecule has 94 valence electrons. The maximum Gasteiger partial charge on any atom is 0.277 e. The van der Waals surface area contributed by atoms with E-state index in [-0.39, 0.29) is 23.5 Å². The number of carbonyl (C=O) groups is 1. The van der Waals surface area contributed by atoms with Crippen molar-refractivity contribution in [3.63, 3.8) is 0 Å². The summed E-state index contributed by atoms with van der Waals surface area (Å²) in [7, 11) is 0. The van der Waals surface area contributed by atoms with Gasteiger partial charge >= 0.3 is 0 Å². The third kappa shape index (κ3) is 2.94. The van der Waals surface area contributed by atoms with Crippen LogP contribution in [0.4, 0.5) is 5.82 Å². The first-order valence-electron chi connectivity index (χ1n) is 5.71. The molecule has 7 heteroatoms. The molecular weight excluding hydrogens is 224 g/mol. The maximum absolute atomic E-state index is 11.6. The molecule has 0 aliphatic heterocycles. The van der Waals surface area contributed by atoms with Crippen LogP contribution in [0.2, 0.25) is 0 Å². The molecule has 1 fully saturated rings. The normalized spacial score (nSPS) is 24.5. The molecule has 7 nitrogen and oxygen atoms in total. The number of aliphatic hydroxyl groups excluding tert-OH is 1. The van der Waals surface area contributed by atoms with Crippen LogP contribution in [0.25, 0.3) is 0 Å². The van der Waals surface area contributed by atoms with Gasteiger partial charge in [0.25, 0.3) is 5.91 Å². The van der Waals surface area contributed by atoms with Gasteiger partial charge in [-0.3, -0.25) is 4.79 Å². The summed E-state index contributed by atoms with van der Waals surface area (Å²) in [6.07, 6.45) is 3.35. The van der Waals surface area contributed by atoms with Crippen molar-refractivity contribution in [2.75, 3.05) is 12.3 Å². The number of nitrogens with one attached hydrogen (secondary N) is 1. The Morgan fingerprint density at radius 1 is 1.53 bits per heavy atom. The molecule has 1 aromatic heterocycles. The minimum Gasteiger partial charge on any atom is -0.393 e. The molecule has 1 aliphatic rings. The summed E-state index contributed by atoms with van der Waals surface area (Å²) in [5, 5.41) is 19.0. The average Bonchev–Trinajstić information content (AvgIpc) is 2.72. The van der Waals surface area contributed by atoms with Gasteiger partial charge in [0, 0.05) is 6.54 Å². The topological polar surface area (TPSA) is 114 Å². The molecule has 1 heterocycles. The van der Waals surface area contributed by atoms with Gasteiger partial charge in [0.15, 0.2) is 0 Å². The van der Waals surface area contributed by atoms with Gasteiger partial charge in [-0.25, -0.2) is 4.63 Å². The molecular formula is C10H16N4O3. The number of aliphatic hydroxyl groups is 1. The zero-order valence-electron chi connectivity index (χ0n) is 9.43. The van der Waals surface area contributed by atoms with Crippen LogP contribution in [-0.2, 0) is 0 Å². The Bertz CT molecular complexity index is 393. The van der Waals surface area contributed by atoms with E-state index < -0.39 is 0 Å². The van der Waals surface area contributed by atoms with E-state index in [1.54, 1.807) is 0 Å². The Hall–Kier alpha value is -1.63. The van der Waals surface area contributed by atoms with E-state index in [2.05, 4.69) is 20.3 Å². The zero-order chi connectivity index (χ0) is 12.3. The van der Waals surface area contributed by atoms with Crippen LogP contribution in [0.3, 0.4) is 0 Å². The first kappa shape index (κ1) is 11.8. The van der Waals surface area contributed by atoms with E-state index in [0.717, 1.165) is 25.7 Å². The summed E-state index contributed by atoms with van der Waals surface area (Å²) < 4.78 is 4.35. The minimum atomic E-state index is -0.385. The molecule has 1 aromatic rings. The molecule has 0 radical (unpaired) electrons. The van der Waals surface area contributed by atoms with E-state index in [0.29, 0.717) is 12.5 Å². The number of nitrogens with two attached hydrogens (primary N) is 1. The van der Waals surface area contributed by atoms with Crippen LogP contribution in [0.5, 0.6) is 0 Å². The van der Waals surface area contributed by atoms with Crippen molar-refractivity contribution >= 4 is 11.7 Å². The molecule has 1 amide bonds. The number of anilines is 1. The third-order valence-corrected chi connectivity index (χ3v) is 3.04. The van der Waals surface area contributed by atoms with Crippen LogP contribution in [0, 0.1) is 5.92 Å². The van der Waals surface area contributed by atoms with Gasteiger partial charge < -0.3 is 16.2 Å². The van der Waals surface area contributed by atoms with Gasteiger partial charge in [0.2, 0.25) is 11.5 Å². The largest absolute Gasteiger partial charge is 0.393 e. The summed E-state index contributed by atoms with van der Waals surface area (Å²) in [5.74, 6) is -0.0845. The third-order valence-electron chi connectivity index (χ3n) is 3.04. The number of hydrogen-bond acceptors (Lipinski definition) is 6. The SMILES string of the molecule is Nc1nonc1C(=O)NCC1CCCC(O)C1. The summed E-state index contributed by atoms with van der Waals surface area (Å²) in [5.41, 5.74) is 5.42. The van der Waals surface area contributed by atoms with E-state index in [9.17, 15) is 9.90 Å². The van der Waals surface area contributed by atoms with E-state index in [1.165, 1.54) is 0 Å². The second-order valence-electron chi connectivity index (χ2n) is 4.39. The van der Waals surface area contributed by atoms with E-state index in [4.69, 9.17) is 5.73 Å². The highest BCUT2D eigenvalue weighted by molar-refractivity contribution is 5.95. The zero-order valence-corrected chi connectivity index (χ0v) is 9.43. The van der Waals surface area contributed by atoms with Gasteiger partial charge in [-0.2, -0.15) is 0 Å². The number of nitrogen functional groups attached to an aromatic ring is 1. The number of aromatic nitrogens is 2. The first-order chi connectivity index (χ1) is 8.16. The van der Waals surface area contributed by atoms with E-state index >= 15 is 0 Å². The molecule has 0 spiro atoms. The highest BCUT2D eigenvalue weighted by Gasteiger charge is 2.22. The predicted octanol–water partition coefficient (Wildman–Crippen LogP) is -0.0673. The fourth-order valence-corrected chi connectivity index (χ4v) is 2.12. The van der Waals surface area contributed by atoms with Gasteiger partial charge in [-0.15, -0.1) is 0 Å². The lowest BCUT2D eigenvalue weighted by Crippen LogP contribution is -2.33. The molecule has 4 N–H and O–H groups in total. The van der Waals surface area contributed by atoms with Gasteiger partial charge in [-0.1, -0.05) is 6.42 Å². The molecule has 1 aliphatic carbocycles. The minimum absolute atomic E-state index is 0.00817. The maximum atomic E-state index is 11.6. The lowest BCUT2D eigenvalue weighted by molar-refractivity contribution is 0.0867. The highest BCUT2D eigenvalue weighted by atomic mass is 16.6. The monoisotopic (exact) mass is 240 g/mol. The highest BCUT2D eigenvalue weighted by Crippen LogP contribution is 2.23. The summed E-state index contributed by atoms with van der Waals surface area (Å²) in [4.78, 5) is 11.6. The lowest BCUT2D eigenvalue weighted by atomic mass is 9.87. The Morgan fingerprint density at radius 3 is 3.00 bits per heavy atom. The Kier molecular flexibility index (Phi) is 3.58. The predicted molar refractivity (Wildman–Crippen MR) is 59.0 cm³/mol. The smallest absolute Gasteiger partial charge is 0.277 e. The molecule has 2 rings (SSSR count). The van der Waals surface area contributed by atoms with Gasteiger partial charge in [0.1, 0.15) is 0 Å². The van der Waals surface area contributed by atoms with Crippen molar-refractivity contribution < 1.29 is 14.5 Å². The summed E-state index contributed by atoms with van der Waals surface area (Å²) >= 11 is 0. The van der Waals surface area contributed by atoms with Crippen molar-refractivity contribution in [1.29, 1.82) is 0 Å². The van der Waals surface area contributed by atoms with Crippen LogP contribution in [0.1, 0.15) is 36.2 Å². The molecule has 0 aromatic carbocycles. The summed E-state index contributed by atoms with van der Waals surface area (Å²) in [6, 6.07) is 0. The fraction of sp³-hybridized carbons (Fsp3) is 0.700. The van der Waals surface area contributed by atoms with Crippen LogP contribution in [-0.4, -0.2) is 34.0 Å². The number of rotatable bonds is 3. The van der Waals surface area contributed by atoms with Crippen molar-refractivity contribution in [3.05, 3.63) is 5.69 Å². The van der Waals surface area contributed by atoms with Crippen LogP contribution in [0.15, 0.2) is 4.63 Å². The van der Waals surface area contributed by atoms with E-state index in [1.807, 2.05) is 0 Å². The second kappa shape index (κ2) is 5.13. The molecule has 2 atom stereocenters. The second-order valence-corrected chi connectivity index (χ2v) is 4.39. The summed E-state index contributed by atoms with van der Waals surface area (Å²) in [6.45, 7) is 0.516. The number of amides is 1. The molecule has 0 saturated heterocycles. The number of nitrogens with zero attached hydrogens (tertiary/aromatic N) is 2. The molecule has 0 bridgehead atoms. The molecule has 2 unspecified atom stereocenters. The Labute approximate surface area is 98.3 Å². The van der Waals surface area contributed by atoms with Crippen molar-refractivity contribution in [1.82, 2.24) is 15.6 Å². The van der Waals surface area contributed by atoms with Gasteiger partial charge in [-0.05, 0) is 35.5 Å². The average molecular weight is 240 g/mol. The molecule has 1 saturated carbocycles. The Morgan fingerprint density at radius 2 is 2.35 bits per heavy atom.